The lowest BCUT2D eigenvalue weighted by atomic mass is 10.2. The Morgan fingerprint density at radius 3 is 3.11 bits per heavy atom. The highest BCUT2D eigenvalue weighted by Gasteiger charge is 2.20. The number of rotatable bonds is 8. The Labute approximate surface area is 113 Å². The third-order valence-electron chi connectivity index (χ3n) is 3.23. The lowest BCUT2D eigenvalue weighted by Crippen LogP contribution is -2.35. The van der Waals surface area contributed by atoms with Gasteiger partial charge in [0.15, 0.2) is 5.82 Å². The molecule has 0 amide bonds. The average Bonchev–Trinajstić information content (AvgIpc) is 3.03. The summed E-state index contributed by atoms with van der Waals surface area (Å²) in [5.41, 5.74) is 0. The maximum Gasteiger partial charge on any atom is 0.228 e. The maximum atomic E-state index is 5.57. The predicted molar refractivity (Wildman–Crippen MR) is 70.0 cm³/mol. The molecular weight excluding hydrogens is 246 g/mol. The van der Waals surface area contributed by atoms with E-state index in [0.717, 1.165) is 38.2 Å². The number of ether oxygens (including phenoxy) is 2. The lowest BCUT2D eigenvalue weighted by molar-refractivity contribution is 0.109. The second-order valence-corrected chi connectivity index (χ2v) is 4.86. The molecule has 6 nitrogen and oxygen atoms in total. The summed E-state index contributed by atoms with van der Waals surface area (Å²) in [5.74, 6) is 1.41. The zero-order valence-corrected chi connectivity index (χ0v) is 11.7. The van der Waals surface area contributed by atoms with Gasteiger partial charge in [0, 0.05) is 32.6 Å². The Balaban J connectivity index is 1.84. The third kappa shape index (κ3) is 4.56. The van der Waals surface area contributed by atoms with Gasteiger partial charge in [-0.15, -0.1) is 0 Å². The molecule has 0 aromatic carbocycles. The van der Waals surface area contributed by atoms with Crippen LogP contribution in [0.3, 0.4) is 0 Å². The van der Waals surface area contributed by atoms with E-state index in [0.29, 0.717) is 18.9 Å². The molecule has 2 heterocycles. The molecule has 108 valence electrons. The summed E-state index contributed by atoms with van der Waals surface area (Å²) in [6.45, 7) is 4.45. The first kappa shape index (κ1) is 14.4. The minimum Gasteiger partial charge on any atom is -0.383 e. The van der Waals surface area contributed by atoms with Crippen molar-refractivity contribution in [1.82, 2.24) is 15.5 Å². The van der Waals surface area contributed by atoms with E-state index < -0.39 is 0 Å². The minimum absolute atomic E-state index is 0.214. The van der Waals surface area contributed by atoms with Crippen LogP contribution in [0.15, 0.2) is 4.52 Å². The fraction of sp³-hybridized carbons (Fsp3) is 0.846. The van der Waals surface area contributed by atoms with Crippen LogP contribution in [0.1, 0.15) is 31.5 Å². The van der Waals surface area contributed by atoms with E-state index in [2.05, 4.69) is 22.4 Å². The summed E-state index contributed by atoms with van der Waals surface area (Å²) in [7, 11) is 1.70. The Morgan fingerprint density at radius 2 is 2.42 bits per heavy atom. The van der Waals surface area contributed by atoms with Crippen molar-refractivity contribution in [2.75, 3.05) is 26.9 Å². The van der Waals surface area contributed by atoms with Crippen LogP contribution < -0.4 is 5.32 Å². The summed E-state index contributed by atoms with van der Waals surface area (Å²) in [6, 6.07) is 0.214. The molecule has 0 aliphatic carbocycles. The highest BCUT2D eigenvalue weighted by atomic mass is 16.5. The largest absolute Gasteiger partial charge is 0.383 e. The average molecular weight is 269 g/mol. The van der Waals surface area contributed by atoms with Crippen LogP contribution in [0, 0.1) is 0 Å². The summed E-state index contributed by atoms with van der Waals surface area (Å²) in [6.07, 6.45) is 3.92. The van der Waals surface area contributed by atoms with E-state index in [1.807, 2.05) is 0 Å². The van der Waals surface area contributed by atoms with Gasteiger partial charge in [0.1, 0.15) is 0 Å². The Bertz CT molecular complexity index is 358. The summed E-state index contributed by atoms with van der Waals surface area (Å²) in [5, 5.41) is 7.36. The number of methoxy groups -OCH3 is 1. The zero-order chi connectivity index (χ0) is 13.5. The van der Waals surface area contributed by atoms with Gasteiger partial charge in [0.25, 0.3) is 0 Å². The molecule has 2 rings (SSSR count). The van der Waals surface area contributed by atoms with Crippen molar-refractivity contribution >= 4 is 0 Å². The summed E-state index contributed by atoms with van der Waals surface area (Å²) < 4.78 is 16.0. The number of nitrogens with zero attached hydrogens (tertiary/aromatic N) is 2. The van der Waals surface area contributed by atoms with Gasteiger partial charge < -0.3 is 19.3 Å². The number of nitrogens with one attached hydrogen (secondary N) is 1. The number of hydrogen-bond acceptors (Lipinski definition) is 6. The molecule has 0 spiro atoms. The molecule has 1 saturated heterocycles. The van der Waals surface area contributed by atoms with Crippen molar-refractivity contribution in [1.29, 1.82) is 0 Å². The molecule has 1 fully saturated rings. The first-order valence-electron chi connectivity index (χ1n) is 6.97. The van der Waals surface area contributed by atoms with Gasteiger partial charge in [0.05, 0.1) is 12.7 Å². The topological polar surface area (TPSA) is 69.4 Å². The van der Waals surface area contributed by atoms with Gasteiger partial charge in [-0.1, -0.05) is 12.1 Å². The van der Waals surface area contributed by atoms with Gasteiger partial charge in [-0.25, -0.2) is 0 Å². The SMILES string of the molecule is CCNC(COC)Cc1nc(CC2CCCO2)no1. The molecule has 1 aromatic heterocycles. The van der Waals surface area contributed by atoms with Crippen molar-refractivity contribution in [2.24, 2.45) is 0 Å². The molecule has 2 unspecified atom stereocenters. The third-order valence-corrected chi connectivity index (χ3v) is 3.23. The van der Waals surface area contributed by atoms with E-state index in [1.54, 1.807) is 7.11 Å². The number of aromatic nitrogens is 2. The standard InChI is InChI=1S/C13H23N3O3/c1-3-14-10(9-17-2)7-13-15-12(16-19-13)8-11-5-4-6-18-11/h10-11,14H,3-9H2,1-2H3. The van der Waals surface area contributed by atoms with Crippen LogP contribution >= 0.6 is 0 Å². The molecule has 19 heavy (non-hydrogen) atoms. The van der Waals surface area contributed by atoms with Crippen LogP contribution in [-0.2, 0) is 22.3 Å². The molecule has 6 heteroatoms. The number of hydrogen-bond donors (Lipinski definition) is 1. The Morgan fingerprint density at radius 1 is 1.53 bits per heavy atom. The van der Waals surface area contributed by atoms with Crippen LogP contribution in [-0.4, -0.2) is 49.2 Å². The second kappa shape index (κ2) is 7.57. The molecular formula is C13H23N3O3. The smallest absolute Gasteiger partial charge is 0.228 e. The van der Waals surface area contributed by atoms with Crippen molar-refractivity contribution in [2.45, 2.75) is 44.8 Å². The molecule has 1 aliphatic rings. The minimum atomic E-state index is 0.214. The van der Waals surface area contributed by atoms with Crippen LogP contribution in [0.2, 0.25) is 0 Å². The molecule has 0 radical (unpaired) electrons. The zero-order valence-electron chi connectivity index (χ0n) is 11.7. The van der Waals surface area contributed by atoms with E-state index in [1.165, 1.54) is 0 Å². The monoisotopic (exact) mass is 269 g/mol. The predicted octanol–water partition coefficient (Wildman–Crippen LogP) is 0.958. The Hall–Kier alpha value is -0.980. The van der Waals surface area contributed by atoms with E-state index >= 15 is 0 Å². The highest BCUT2D eigenvalue weighted by Crippen LogP contribution is 2.15. The van der Waals surface area contributed by atoms with E-state index in [4.69, 9.17) is 14.0 Å². The summed E-state index contributed by atoms with van der Waals surface area (Å²) in [4.78, 5) is 4.42. The van der Waals surface area contributed by atoms with Gasteiger partial charge in [-0.2, -0.15) is 4.98 Å². The van der Waals surface area contributed by atoms with Crippen LogP contribution in [0.5, 0.6) is 0 Å². The maximum absolute atomic E-state index is 5.57. The fourth-order valence-corrected chi connectivity index (χ4v) is 2.36. The summed E-state index contributed by atoms with van der Waals surface area (Å²) >= 11 is 0. The quantitative estimate of drug-likeness (QED) is 0.758. The van der Waals surface area contributed by atoms with Gasteiger partial charge >= 0.3 is 0 Å². The van der Waals surface area contributed by atoms with Crippen molar-refractivity contribution in [3.8, 4) is 0 Å². The first-order valence-corrected chi connectivity index (χ1v) is 6.97. The van der Waals surface area contributed by atoms with Crippen molar-refractivity contribution < 1.29 is 14.0 Å². The van der Waals surface area contributed by atoms with Crippen LogP contribution in [0.25, 0.3) is 0 Å². The molecule has 0 bridgehead atoms. The highest BCUT2D eigenvalue weighted by molar-refractivity contribution is 4.92. The Kier molecular flexibility index (Phi) is 5.75. The van der Waals surface area contributed by atoms with E-state index in [-0.39, 0.29) is 12.1 Å². The first-order chi connectivity index (χ1) is 9.31. The lowest BCUT2D eigenvalue weighted by Gasteiger charge is -2.14. The van der Waals surface area contributed by atoms with Crippen molar-refractivity contribution in [3.63, 3.8) is 0 Å². The van der Waals surface area contributed by atoms with E-state index in [9.17, 15) is 0 Å². The van der Waals surface area contributed by atoms with Gasteiger partial charge in [-0.3, -0.25) is 0 Å². The van der Waals surface area contributed by atoms with Gasteiger partial charge in [-0.05, 0) is 19.4 Å². The van der Waals surface area contributed by atoms with Gasteiger partial charge in [0.2, 0.25) is 5.89 Å². The number of likely N-dealkylation sites (N-methyl/N-ethyl adjacent to an activating group) is 1. The normalized spacial score (nSPS) is 20.8. The molecule has 2 atom stereocenters. The van der Waals surface area contributed by atoms with Crippen LogP contribution in [0.4, 0.5) is 0 Å². The molecule has 1 N–H and O–H groups in total. The van der Waals surface area contributed by atoms with Crippen molar-refractivity contribution in [3.05, 3.63) is 11.7 Å². The fourth-order valence-electron chi connectivity index (χ4n) is 2.36. The molecule has 0 saturated carbocycles. The second-order valence-electron chi connectivity index (χ2n) is 4.86. The molecule has 1 aliphatic heterocycles. The molecule has 1 aromatic rings.